The lowest BCUT2D eigenvalue weighted by molar-refractivity contribution is -0.142. The first-order chi connectivity index (χ1) is 10.4. The van der Waals surface area contributed by atoms with Gasteiger partial charge in [0.05, 0.1) is 0 Å². The quantitative estimate of drug-likeness (QED) is 0.559. The van der Waals surface area contributed by atoms with Gasteiger partial charge in [-0.15, -0.1) is 0 Å². The number of nitrogens with zero attached hydrogens (tertiary/aromatic N) is 1. The molecule has 0 spiro atoms. The molecule has 0 aliphatic heterocycles. The summed E-state index contributed by atoms with van der Waals surface area (Å²) in [5.41, 5.74) is 1.05. The smallest absolute Gasteiger partial charge is 0.321 e. The molecule has 0 amide bonds. The first-order valence-electron chi connectivity index (χ1n) is 6.90. The van der Waals surface area contributed by atoms with Crippen molar-refractivity contribution in [3.63, 3.8) is 0 Å². The Kier molecular flexibility index (Phi) is 7.80. The Hall–Kier alpha value is -1.69. The first-order valence-corrected chi connectivity index (χ1v) is 8.20. The van der Waals surface area contributed by atoms with Crippen LogP contribution in [0.1, 0.15) is 24.8 Å². The zero-order valence-corrected chi connectivity index (χ0v) is 13.0. The van der Waals surface area contributed by atoms with Crippen LogP contribution in [-0.2, 0) is 20.6 Å². The molecule has 0 heterocycles. The topological polar surface area (TPSA) is 115 Å². The van der Waals surface area contributed by atoms with Crippen LogP contribution in [0.4, 0.5) is 0 Å². The predicted octanol–water partition coefficient (Wildman–Crippen LogP) is 1.62. The molecule has 22 heavy (non-hydrogen) atoms. The highest BCUT2D eigenvalue weighted by Gasteiger charge is 2.28. The van der Waals surface area contributed by atoms with Crippen LogP contribution in [0.3, 0.4) is 0 Å². The average Bonchev–Trinajstić information content (AvgIpc) is 2.45. The van der Waals surface area contributed by atoms with Crippen LogP contribution in [0.2, 0.25) is 0 Å². The summed E-state index contributed by atoms with van der Waals surface area (Å²) in [6.07, 6.45) is 0.601. The van der Waals surface area contributed by atoms with Crippen LogP contribution in [0.15, 0.2) is 30.3 Å². The normalized spacial score (nSPS) is 13.7. The molecule has 7 nitrogen and oxygen atoms in total. The molecule has 1 aromatic carbocycles. The summed E-state index contributed by atoms with van der Waals surface area (Å²) < 4.78 is 12.4. The molecule has 0 bridgehead atoms. The molecule has 0 radical (unpaired) electrons. The Balaban J connectivity index is 2.63. The summed E-state index contributed by atoms with van der Waals surface area (Å²) in [7, 11) is -3.21. The fraction of sp³-hybridized carbons (Fsp3) is 0.429. The zero-order chi connectivity index (χ0) is 16.5. The molecular weight excluding hydrogens is 309 g/mol. The van der Waals surface area contributed by atoms with Gasteiger partial charge in [0.1, 0.15) is 6.04 Å². The van der Waals surface area contributed by atoms with Gasteiger partial charge in [0.25, 0.3) is 8.18 Å². The maximum absolute atomic E-state index is 11.4. The standard InChI is InChI=1S/C14H20NO6P/c16-13(17)9-8-12(14(18)19)15(22(20)21)10-4-7-11-5-2-1-3-6-11/h1-3,5-6,12,22H,4,7-10H2,(H,16,17)(H,18,19)(H,20,21)/t12-/m0/s1. The van der Waals surface area contributed by atoms with Gasteiger partial charge in [0.15, 0.2) is 0 Å². The highest BCUT2D eigenvalue weighted by atomic mass is 31.1. The minimum Gasteiger partial charge on any atom is -0.481 e. The van der Waals surface area contributed by atoms with E-state index >= 15 is 0 Å². The van der Waals surface area contributed by atoms with Crippen LogP contribution in [0.25, 0.3) is 0 Å². The molecule has 0 fully saturated rings. The summed E-state index contributed by atoms with van der Waals surface area (Å²) in [6.45, 7) is 0.125. The minimum atomic E-state index is -3.21. The summed E-state index contributed by atoms with van der Waals surface area (Å²) in [4.78, 5) is 31.2. The molecule has 0 aromatic heterocycles. The van der Waals surface area contributed by atoms with Crippen molar-refractivity contribution in [3.8, 4) is 0 Å². The highest BCUT2D eigenvalue weighted by Crippen LogP contribution is 2.27. The third kappa shape index (κ3) is 6.39. The summed E-state index contributed by atoms with van der Waals surface area (Å²) >= 11 is 0. The van der Waals surface area contributed by atoms with E-state index in [0.29, 0.717) is 12.8 Å². The van der Waals surface area contributed by atoms with E-state index in [2.05, 4.69) is 0 Å². The number of benzene rings is 1. The molecule has 1 rings (SSSR count). The average molecular weight is 329 g/mol. The second-order valence-electron chi connectivity index (χ2n) is 4.85. The largest absolute Gasteiger partial charge is 0.481 e. The van der Waals surface area contributed by atoms with Crippen LogP contribution in [0, 0.1) is 0 Å². The van der Waals surface area contributed by atoms with Gasteiger partial charge in [-0.2, -0.15) is 0 Å². The lowest BCUT2D eigenvalue weighted by atomic mass is 10.1. The lowest BCUT2D eigenvalue weighted by Crippen LogP contribution is -2.37. The van der Waals surface area contributed by atoms with E-state index in [1.54, 1.807) is 0 Å². The fourth-order valence-electron chi connectivity index (χ4n) is 2.16. The van der Waals surface area contributed by atoms with E-state index in [9.17, 15) is 19.0 Å². The lowest BCUT2D eigenvalue weighted by Gasteiger charge is -2.25. The Morgan fingerprint density at radius 2 is 1.82 bits per heavy atom. The van der Waals surface area contributed by atoms with E-state index < -0.39 is 26.2 Å². The van der Waals surface area contributed by atoms with Crippen LogP contribution < -0.4 is 0 Å². The van der Waals surface area contributed by atoms with Gasteiger partial charge in [-0.1, -0.05) is 30.3 Å². The molecule has 1 unspecified atom stereocenters. The molecule has 0 aliphatic rings. The number of aryl methyl sites for hydroxylation is 1. The second kappa shape index (κ2) is 9.35. The van der Waals surface area contributed by atoms with Crippen molar-refractivity contribution in [2.75, 3.05) is 6.54 Å². The van der Waals surface area contributed by atoms with Crippen molar-refractivity contribution in [2.24, 2.45) is 0 Å². The predicted molar refractivity (Wildman–Crippen MR) is 81.0 cm³/mol. The Morgan fingerprint density at radius 3 is 2.32 bits per heavy atom. The summed E-state index contributed by atoms with van der Waals surface area (Å²) in [6, 6.07) is 8.23. The number of carboxylic acids is 2. The van der Waals surface area contributed by atoms with E-state index in [1.165, 1.54) is 0 Å². The van der Waals surface area contributed by atoms with Gasteiger partial charge in [-0.25, -0.2) is 4.67 Å². The van der Waals surface area contributed by atoms with Crippen LogP contribution >= 0.6 is 8.18 Å². The van der Waals surface area contributed by atoms with Crippen molar-refractivity contribution in [3.05, 3.63) is 35.9 Å². The van der Waals surface area contributed by atoms with Crippen LogP contribution in [0.5, 0.6) is 0 Å². The van der Waals surface area contributed by atoms with Gasteiger partial charge in [-0.3, -0.25) is 14.2 Å². The number of hydrogen-bond donors (Lipinski definition) is 3. The van der Waals surface area contributed by atoms with E-state index in [-0.39, 0.29) is 19.4 Å². The summed E-state index contributed by atoms with van der Waals surface area (Å²) in [5.74, 6) is -2.42. The van der Waals surface area contributed by atoms with Crippen LogP contribution in [-0.4, -0.2) is 44.3 Å². The van der Waals surface area contributed by atoms with Crippen molar-refractivity contribution in [2.45, 2.75) is 31.7 Å². The van der Waals surface area contributed by atoms with Crippen molar-refractivity contribution in [1.29, 1.82) is 0 Å². The zero-order valence-electron chi connectivity index (χ0n) is 12.0. The van der Waals surface area contributed by atoms with E-state index in [0.717, 1.165) is 10.2 Å². The molecule has 0 saturated heterocycles. The third-order valence-corrected chi connectivity index (χ3v) is 4.27. The second-order valence-corrected chi connectivity index (χ2v) is 5.99. The van der Waals surface area contributed by atoms with Crippen molar-refractivity contribution in [1.82, 2.24) is 4.67 Å². The molecule has 0 aliphatic carbocycles. The van der Waals surface area contributed by atoms with Crippen molar-refractivity contribution >= 4 is 20.1 Å². The Labute approximate surface area is 129 Å². The molecule has 122 valence electrons. The number of rotatable bonds is 10. The van der Waals surface area contributed by atoms with E-state index in [4.69, 9.17) is 10.2 Å². The highest BCUT2D eigenvalue weighted by molar-refractivity contribution is 7.35. The van der Waals surface area contributed by atoms with Gasteiger partial charge in [-0.05, 0) is 24.8 Å². The molecule has 1 aromatic rings. The Bertz CT molecular complexity index is 521. The monoisotopic (exact) mass is 329 g/mol. The third-order valence-electron chi connectivity index (χ3n) is 3.25. The number of carbonyl (C=O) groups is 2. The molecule has 0 saturated carbocycles. The number of carboxylic acid groups (broad SMARTS) is 2. The van der Waals surface area contributed by atoms with Gasteiger partial charge >= 0.3 is 11.9 Å². The molecule has 8 heteroatoms. The first kappa shape index (κ1) is 18.4. The Morgan fingerprint density at radius 1 is 1.18 bits per heavy atom. The number of aliphatic carboxylic acids is 2. The number of hydrogen-bond acceptors (Lipinski definition) is 3. The maximum Gasteiger partial charge on any atom is 0.321 e. The SMILES string of the molecule is O=C(O)CC[C@@H](C(=O)O)N(CCCc1ccccc1)[PH](=O)O. The molecular formula is C14H20NO6P. The maximum atomic E-state index is 11.4. The molecule has 3 N–H and O–H groups in total. The van der Waals surface area contributed by atoms with Crippen molar-refractivity contribution < 1.29 is 29.3 Å². The van der Waals surface area contributed by atoms with Gasteiger partial charge < -0.3 is 15.1 Å². The molecule has 2 atom stereocenters. The summed E-state index contributed by atoms with van der Waals surface area (Å²) in [5, 5.41) is 17.8. The fourth-order valence-corrected chi connectivity index (χ4v) is 3.01. The van der Waals surface area contributed by atoms with Gasteiger partial charge in [0.2, 0.25) is 0 Å². The minimum absolute atomic E-state index is 0.125. The van der Waals surface area contributed by atoms with E-state index in [1.807, 2.05) is 30.3 Å². The van der Waals surface area contributed by atoms with Gasteiger partial charge in [0, 0.05) is 13.0 Å².